The Morgan fingerprint density at radius 3 is 1.53 bits per heavy atom. The fourth-order valence-electron chi connectivity index (χ4n) is 10.6. The van der Waals surface area contributed by atoms with E-state index in [1.807, 2.05) is 0 Å². The quantitative estimate of drug-likeness (QED) is 0.170. The molecule has 0 aliphatic heterocycles. The number of nitrogens with zero attached hydrogens (tertiary/aromatic N) is 1. The Kier molecular flexibility index (Phi) is 7.47. The first-order valence-electron chi connectivity index (χ1n) is 20.8. The van der Waals surface area contributed by atoms with Gasteiger partial charge >= 0.3 is 0 Å². The van der Waals surface area contributed by atoms with E-state index in [0.717, 1.165) is 17.1 Å². The summed E-state index contributed by atoms with van der Waals surface area (Å²) in [5, 5.41) is 2.45. The summed E-state index contributed by atoms with van der Waals surface area (Å²) in [5.74, 6) is 0. The molecule has 0 radical (unpaired) electrons. The number of rotatable bonds is 5. The Bertz CT molecular complexity index is 3000. The van der Waals surface area contributed by atoms with Crippen molar-refractivity contribution in [2.24, 2.45) is 0 Å². The van der Waals surface area contributed by atoms with Crippen molar-refractivity contribution in [2.45, 2.75) is 31.1 Å². The molecular formula is C57H41N. The van der Waals surface area contributed by atoms with Crippen LogP contribution in [0.4, 0.5) is 17.1 Å². The average molecular weight is 740 g/mol. The molecule has 12 rings (SSSR count). The van der Waals surface area contributed by atoms with Gasteiger partial charge in [0.1, 0.15) is 0 Å². The van der Waals surface area contributed by atoms with Crippen LogP contribution >= 0.6 is 0 Å². The molecule has 0 heterocycles. The lowest BCUT2D eigenvalue weighted by Crippen LogP contribution is -2.26. The van der Waals surface area contributed by atoms with Crippen molar-refractivity contribution < 1.29 is 0 Å². The van der Waals surface area contributed by atoms with Crippen molar-refractivity contribution in [3.8, 4) is 44.5 Å². The fourth-order valence-corrected chi connectivity index (χ4v) is 10.6. The molecule has 0 saturated heterocycles. The topological polar surface area (TPSA) is 3.24 Å². The maximum atomic E-state index is 2.51. The van der Waals surface area contributed by atoms with Crippen LogP contribution in [0.1, 0.15) is 46.2 Å². The second-order valence-corrected chi connectivity index (χ2v) is 16.3. The van der Waals surface area contributed by atoms with Gasteiger partial charge in [-0.05, 0) is 145 Å². The lowest BCUT2D eigenvalue weighted by atomic mass is 9.70. The number of hydrogen-bond donors (Lipinski definition) is 0. The monoisotopic (exact) mass is 739 g/mol. The summed E-state index contributed by atoms with van der Waals surface area (Å²) in [5.41, 5.74) is 21.6. The van der Waals surface area contributed by atoms with Crippen molar-refractivity contribution in [1.82, 2.24) is 0 Å². The number of fused-ring (bicyclic) bond motifs is 12. The first-order valence-corrected chi connectivity index (χ1v) is 20.8. The summed E-state index contributed by atoms with van der Waals surface area (Å²) < 4.78 is 0. The largest absolute Gasteiger partial charge is 0.310 e. The van der Waals surface area contributed by atoms with Gasteiger partial charge in [-0.15, -0.1) is 0 Å². The van der Waals surface area contributed by atoms with Gasteiger partial charge < -0.3 is 4.90 Å². The third kappa shape index (κ3) is 4.90. The molecule has 0 N–H and O–H groups in total. The molecule has 0 fully saturated rings. The van der Waals surface area contributed by atoms with Crippen LogP contribution in [0.2, 0.25) is 0 Å². The Hall–Kier alpha value is -6.96. The third-order valence-electron chi connectivity index (χ3n) is 13.2. The molecule has 0 aromatic heterocycles. The highest BCUT2D eigenvalue weighted by Crippen LogP contribution is 2.63. The zero-order valence-electron chi connectivity index (χ0n) is 32.3. The van der Waals surface area contributed by atoms with Gasteiger partial charge in [-0.1, -0.05) is 164 Å². The summed E-state index contributed by atoms with van der Waals surface area (Å²) in [6.07, 6.45) is 4.96. The van der Waals surface area contributed by atoms with Crippen LogP contribution in [-0.2, 0) is 18.3 Å². The molecule has 9 aromatic carbocycles. The zero-order chi connectivity index (χ0) is 38.2. The van der Waals surface area contributed by atoms with Crippen LogP contribution in [0, 0.1) is 0 Å². The molecule has 1 spiro atoms. The van der Waals surface area contributed by atoms with E-state index in [2.05, 4.69) is 205 Å². The highest BCUT2D eigenvalue weighted by Gasteiger charge is 2.51. The van der Waals surface area contributed by atoms with E-state index in [1.54, 1.807) is 0 Å². The predicted molar refractivity (Wildman–Crippen MR) is 242 cm³/mol. The van der Waals surface area contributed by atoms with Gasteiger partial charge in [0.25, 0.3) is 0 Å². The number of hydrogen-bond acceptors (Lipinski definition) is 1. The summed E-state index contributed by atoms with van der Waals surface area (Å²) in [6, 6.07) is 75.4. The molecule has 0 atom stereocenters. The van der Waals surface area contributed by atoms with E-state index in [9.17, 15) is 0 Å². The zero-order valence-corrected chi connectivity index (χ0v) is 32.3. The molecule has 3 aliphatic rings. The van der Waals surface area contributed by atoms with Crippen LogP contribution in [0.5, 0.6) is 0 Å². The molecule has 0 saturated carbocycles. The Morgan fingerprint density at radius 1 is 0.328 bits per heavy atom. The van der Waals surface area contributed by atoms with Crippen LogP contribution in [0.3, 0.4) is 0 Å². The minimum Gasteiger partial charge on any atom is -0.310 e. The second kappa shape index (κ2) is 13.0. The Morgan fingerprint density at radius 2 is 0.862 bits per heavy atom. The average Bonchev–Trinajstić information content (AvgIpc) is 3.76. The minimum atomic E-state index is -0.428. The van der Waals surface area contributed by atoms with Gasteiger partial charge in [-0.25, -0.2) is 0 Å². The number of aryl methyl sites for hydroxylation is 2. The molecule has 1 heteroatoms. The molecule has 0 amide bonds. The fraction of sp³-hybridized carbons (Fsp3) is 0.0877. The van der Waals surface area contributed by atoms with Gasteiger partial charge in [-0.3, -0.25) is 0 Å². The molecule has 274 valence electrons. The van der Waals surface area contributed by atoms with Crippen LogP contribution < -0.4 is 4.90 Å². The van der Waals surface area contributed by atoms with Crippen molar-refractivity contribution >= 4 is 27.8 Å². The van der Waals surface area contributed by atoms with Gasteiger partial charge in [0.15, 0.2) is 0 Å². The summed E-state index contributed by atoms with van der Waals surface area (Å²) >= 11 is 0. The van der Waals surface area contributed by atoms with E-state index in [0.29, 0.717) is 0 Å². The molecule has 0 unspecified atom stereocenters. The Labute approximate surface area is 340 Å². The molecule has 3 aliphatic carbocycles. The van der Waals surface area contributed by atoms with Crippen molar-refractivity contribution in [3.63, 3.8) is 0 Å². The Balaban J connectivity index is 1.11. The summed E-state index contributed by atoms with van der Waals surface area (Å²) in [6.45, 7) is 0. The van der Waals surface area contributed by atoms with E-state index < -0.39 is 5.41 Å². The lowest BCUT2D eigenvalue weighted by molar-refractivity contribution is 0.686. The highest BCUT2D eigenvalue weighted by atomic mass is 15.1. The van der Waals surface area contributed by atoms with E-state index >= 15 is 0 Å². The number of anilines is 3. The van der Waals surface area contributed by atoms with Crippen molar-refractivity contribution in [3.05, 3.63) is 234 Å². The normalized spacial score (nSPS) is 14.1. The third-order valence-corrected chi connectivity index (χ3v) is 13.2. The predicted octanol–water partition coefficient (Wildman–Crippen LogP) is 14.9. The molecular weight excluding hydrogens is 699 g/mol. The van der Waals surface area contributed by atoms with Gasteiger partial charge in [0, 0.05) is 16.9 Å². The smallest absolute Gasteiger partial charge is 0.0726 e. The standard InChI is InChI=1S/C57H41N/c1-2-15-40(16-3-1)51-35-42-18-6-7-19-43(42)36-56(51)58(45-30-28-39(29-31-45)44-27-26-38-14-4-5-17-41(38)34-44)46-32-33-50-49-22-10-13-25-54(49)57(55(50)37-46)52-23-11-8-20-47(52)48-21-9-12-24-53(48)57/h1-3,6-13,15-16,18-37H,4-5,14,17H2. The molecule has 0 bridgehead atoms. The number of benzene rings is 9. The van der Waals surface area contributed by atoms with E-state index in [4.69, 9.17) is 0 Å². The maximum Gasteiger partial charge on any atom is 0.0726 e. The second-order valence-electron chi connectivity index (χ2n) is 16.3. The van der Waals surface area contributed by atoms with E-state index in [1.165, 1.54) is 114 Å². The van der Waals surface area contributed by atoms with Crippen molar-refractivity contribution in [1.29, 1.82) is 0 Å². The highest BCUT2D eigenvalue weighted by molar-refractivity contribution is 6.00. The van der Waals surface area contributed by atoms with Gasteiger partial charge in [0.2, 0.25) is 0 Å². The maximum absolute atomic E-state index is 2.51. The summed E-state index contributed by atoms with van der Waals surface area (Å²) in [4.78, 5) is 2.51. The first kappa shape index (κ1) is 33.2. The molecule has 9 aromatic rings. The van der Waals surface area contributed by atoms with Crippen LogP contribution in [-0.4, -0.2) is 0 Å². The van der Waals surface area contributed by atoms with Crippen LogP contribution in [0.15, 0.2) is 200 Å². The van der Waals surface area contributed by atoms with Crippen molar-refractivity contribution in [2.75, 3.05) is 4.90 Å². The first-order chi connectivity index (χ1) is 28.8. The molecule has 1 nitrogen and oxygen atoms in total. The van der Waals surface area contributed by atoms with Gasteiger partial charge in [-0.2, -0.15) is 0 Å². The molecule has 58 heavy (non-hydrogen) atoms. The van der Waals surface area contributed by atoms with Crippen LogP contribution in [0.25, 0.3) is 55.3 Å². The van der Waals surface area contributed by atoms with E-state index in [-0.39, 0.29) is 0 Å². The van der Waals surface area contributed by atoms with Gasteiger partial charge in [0.05, 0.1) is 11.1 Å². The lowest BCUT2D eigenvalue weighted by Gasteiger charge is -2.33. The minimum absolute atomic E-state index is 0.428. The summed E-state index contributed by atoms with van der Waals surface area (Å²) in [7, 11) is 0. The SMILES string of the molecule is c1ccc(-c2cc3ccccc3cc2N(c2ccc(-c3ccc4c(c3)CCCC4)cc2)c2ccc3c(c2)C2(c4ccccc4-c4ccccc42)c2ccccc2-3)cc1.